The Hall–Kier alpha value is -1.19. The normalized spacial score (nSPS) is 11.2. The van der Waals surface area contributed by atoms with Crippen LogP contribution in [0.15, 0.2) is 11.3 Å². The summed E-state index contributed by atoms with van der Waals surface area (Å²) in [6, 6.07) is 1.78. The van der Waals surface area contributed by atoms with Crippen LogP contribution in [0, 0.1) is 11.3 Å². The molecule has 0 spiro atoms. The molecule has 6 N–H and O–H groups in total. The van der Waals surface area contributed by atoms with Crippen LogP contribution in [0.1, 0.15) is 6.42 Å². The molecule has 64 valence electrons. The molecular formula is C6H8N4S2. The first kappa shape index (κ1) is 10.8. The van der Waals surface area contributed by atoms with Crippen molar-refractivity contribution < 1.29 is 0 Å². The highest BCUT2D eigenvalue weighted by Gasteiger charge is 2.06. The number of nitrogens with zero attached hydrogens (tertiary/aromatic N) is 1. The van der Waals surface area contributed by atoms with Crippen molar-refractivity contribution in [2.24, 2.45) is 17.2 Å². The van der Waals surface area contributed by atoms with Gasteiger partial charge in [0.2, 0.25) is 0 Å². The summed E-state index contributed by atoms with van der Waals surface area (Å²) in [7, 11) is 0. The molecule has 0 bridgehead atoms. The predicted octanol–water partition coefficient (Wildman–Crippen LogP) is -0.315. The van der Waals surface area contributed by atoms with Crippen molar-refractivity contribution in [1.82, 2.24) is 0 Å². The van der Waals surface area contributed by atoms with Gasteiger partial charge in [-0.1, -0.05) is 24.4 Å². The lowest BCUT2D eigenvalue weighted by molar-refractivity contribution is 1.19. The predicted molar refractivity (Wildman–Crippen MR) is 55.0 cm³/mol. The highest BCUT2D eigenvalue weighted by Crippen LogP contribution is 2.02. The molecule has 0 aromatic heterocycles. The van der Waals surface area contributed by atoms with E-state index in [2.05, 4.69) is 24.4 Å². The minimum Gasteiger partial charge on any atom is -0.401 e. The standard InChI is InChI=1S/C6H8N4S2/c7-2-3(6(10)12)4(8)1-5(9)11/h1,8H2,(H2,9,11)(H2,10,12)/b4-3+. The van der Waals surface area contributed by atoms with Crippen molar-refractivity contribution in [3.8, 4) is 6.07 Å². The van der Waals surface area contributed by atoms with Crippen molar-refractivity contribution in [2.75, 3.05) is 0 Å². The number of nitriles is 1. The van der Waals surface area contributed by atoms with E-state index in [9.17, 15) is 0 Å². The van der Waals surface area contributed by atoms with Gasteiger partial charge in [-0.15, -0.1) is 0 Å². The Morgan fingerprint density at radius 2 is 1.75 bits per heavy atom. The second-order valence-corrected chi connectivity index (χ2v) is 2.98. The summed E-state index contributed by atoms with van der Waals surface area (Å²) in [5.74, 6) is 0. The highest BCUT2D eigenvalue weighted by molar-refractivity contribution is 7.80. The molecule has 0 saturated carbocycles. The van der Waals surface area contributed by atoms with Crippen LogP contribution in [0.4, 0.5) is 0 Å². The molecule has 0 aromatic carbocycles. The first-order valence-electron chi connectivity index (χ1n) is 2.95. The second-order valence-electron chi connectivity index (χ2n) is 2.02. The maximum absolute atomic E-state index is 8.54. The number of hydrogen-bond donors (Lipinski definition) is 3. The zero-order valence-corrected chi connectivity index (χ0v) is 7.84. The van der Waals surface area contributed by atoms with Gasteiger partial charge in [-0.05, 0) is 0 Å². The van der Waals surface area contributed by atoms with Gasteiger partial charge in [0, 0.05) is 12.1 Å². The molecule has 12 heavy (non-hydrogen) atoms. The lowest BCUT2D eigenvalue weighted by Gasteiger charge is -2.01. The molecule has 0 amide bonds. The molecule has 6 heteroatoms. The summed E-state index contributed by atoms with van der Waals surface area (Å²) in [4.78, 5) is 0.169. The summed E-state index contributed by atoms with van der Waals surface area (Å²) >= 11 is 9.17. The third kappa shape index (κ3) is 3.27. The Morgan fingerprint density at radius 1 is 1.25 bits per heavy atom. The van der Waals surface area contributed by atoms with E-state index in [0.717, 1.165) is 0 Å². The maximum atomic E-state index is 8.54. The van der Waals surface area contributed by atoms with E-state index in [1.807, 2.05) is 0 Å². The van der Waals surface area contributed by atoms with Gasteiger partial charge in [-0.2, -0.15) is 5.26 Å². The van der Waals surface area contributed by atoms with Gasteiger partial charge >= 0.3 is 0 Å². The average molecular weight is 200 g/mol. The Bertz CT molecular complexity index is 286. The van der Waals surface area contributed by atoms with Crippen LogP contribution in [0.2, 0.25) is 0 Å². The minimum absolute atomic E-state index is 0.0359. The first-order valence-corrected chi connectivity index (χ1v) is 3.77. The molecule has 0 heterocycles. The largest absolute Gasteiger partial charge is 0.401 e. The van der Waals surface area contributed by atoms with Crippen LogP contribution >= 0.6 is 24.4 Å². The summed E-state index contributed by atoms with van der Waals surface area (Å²) in [6.07, 6.45) is 0.162. The fourth-order valence-corrected chi connectivity index (χ4v) is 0.893. The fraction of sp³-hybridized carbons (Fsp3) is 0.167. The van der Waals surface area contributed by atoms with Gasteiger partial charge in [-0.3, -0.25) is 0 Å². The van der Waals surface area contributed by atoms with Gasteiger partial charge < -0.3 is 17.2 Å². The zero-order valence-electron chi connectivity index (χ0n) is 6.20. The quantitative estimate of drug-likeness (QED) is 0.328. The molecule has 0 unspecified atom stereocenters. The van der Waals surface area contributed by atoms with Gasteiger partial charge in [0.15, 0.2) is 0 Å². The van der Waals surface area contributed by atoms with E-state index >= 15 is 0 Å². The van der Waals surface area contributed by atoms with E-state index in [4.69, 9.17) is 22.5 Å². The summed E-state index contributed by atoms with van der Waals surface area (Å²) in [6.45, 7) is 0. The molecule has 0 aliphatic rings. The highest BCUT2D eigenvalue weighted by atomic mass is 32.1. The lowest BCUT2D eigenvalue weighted by Crippen LogP contribution is -2.19. The first-order chi connectivity index (χ1) is 5.49. The maximum Gasteiger partial charge on any atom is 0.116 e. The van der Waals surface area contributed by atoms with Crippen LogP contribution < -0.4 is 17.2 Å². The van der Waals surface area contributed by atoms with Crippen LogP contribution in [-0.2, 0) is 0 Å². The zero-order chi connectivity index (χ0) is 9.72. The molecular weight excluding hydrogens is 192 g/mol. The number of nitrogens with two attached hydrogens (primary N) is 3. The van der Waals surface area contributed by atoms with E-state index in [0.29, 0.717) is 0 Å². The van der Waals surface area contributed by atoms with Crippen LogP contribution in [0.3, 0.4) is 0 Å². The van der Waals surface area contributed by atoms with Gasteiger partial charge in [0.25, 0.3) is 0 Å². The average Bonchev–Trinajstić information content (AvgIpc) is 1.85. The molecule has 0 fully saturated rings. The number of rotatable bonds is 3. The number of hydrogen-bond acceptors (Lipinski definition) is 4. The molecule has 0 atom stereocenters. The van der Waals surface area contributed by atoms with Crippen molar-refractivity contribution in [3.63, 3.8) is 0 Å². The van der Waals surface area contributed by atoms with E-state index in [-0.39, 0.29) is 27.7 Å². The molecule has 0 aromatic rings. The molecule has 0 radical (unpaired) electrons. The van der Waals surface area contributed by atoms with Crippen molar-refractivity contribution in [3.05, 3.63) is 11.3 Å². The van der Waals surface area contributed by atoms with E-state index in [1.165, 1.54) is 0 Å². The van der Waals surface area contributed by atoms with Crippen LogP contribution in [-0.4, -0.2) is 9.98 Å². The van der Waals surface area contributed by atoms with Crippen molar-refractivity contribution in [1.29, 1.82) is 5.26 Å². The van der Waals surface area contributed by atoms with Crippen LogP contribution in [0.25, 0.3) is 0 Å². The molecule has 0 rings (SSSR count). The third-order valence-electron chi connectivity index (χ3n) is 1.04. The molecule has 4 nitrogen and oxygen atoms in total. The van der Waals surface area contributed by atoms with Crippen molar-refractivity contribution in [2.45, 2.75) is 6.42 Å². The van der Waals surface area contributed by atoms with Crippen molar-refractivity contribution >= 4 is 34.4 Å². The summed E-state index contributed by atoms with van der Waals surface area (Å²) in [5, 5.41) is 8.54. The van der Waals surface area contributed by atoms with Crippen LogP contribution in [0.5, 0.6) is 0 Å². The van der Waals surface area contributed by atoms with Gasteiger partial charge in [-0.25, -0.2) is 0 Å². The fourth-order valence-electron chi connectivity index (χ4n) is 0.561. The third-order valence-corrected chi connectivity index (χ3v) is 1.39. The van der Waals surface area contributed by atoms with E-state index in [1.54, 1.807) is 6.07 Å². The molecule has 0 aliphatic carbocycles. The van der Waals surface area contributed by atoms with E-state index < -0.39 is 0 Å². The van der Waals surface area contributed by atoms with Gasteiger partial charge in [0.1, 0.15) is 16.6 Å². The smallest absolute Gasteiger partial charge is 0.116 e. The Labute approximate surface area is 81.0 Å². The summed E-state index contributed by atoms with van der Waals surface area (Å²) < 4.78 is 0. The topological polar surface area (TPSA) is 102 Å². The Kier molecular flexibility index (Phi) is 4.18. The minimum atomic E-state index is -0.0359. The Balaban J connectivity index is 4.76. The molecule has 0 aliphatic heterocycles. The number of thiocarbonyl (C=S) groups is 2. The molecule has 0 saturated heterocycles. The van der Waals surface area contributed by atoms with Gasteiger partial charge in [0.05, 0.1) is 4.99 Å². The SMILES string of the molecule is N#C/C(C(N)=S)=C(\N)CC(N)=S. The Morgan fingerprint density at radius 3 is 2.00 bits per heavy atom. The second kappa shape index (κ2) is 4.64. The monoisotopic (exact) mass is 200 g/mol. The summed E-state index contributed by atoms with van der Waals surface area (Å²) in [5.41, 5.74) is 16.2. The lowest BCUT2D eigenvalue weighted by atomic mass is 10.2.